The van der Waals surface area contributed by atoms with Crippen molar-refractivity contribution in [2.75, 3.05) is 19.8 Å². The Bertz CT molecular complexity index is 1100. The smallest absolute Gasteiger partial charge is 0.246 e. The van der Waals surface area contributed by atoms with Gasteiger partial charge in [-0.3, -0.25) is 4.79 Å². The molecule has 0 saturated carbocycles. The summed E-state index contributed by atoms with van der Waals surface area (Å²) in [7, 11) is 0. The Labute approximate surface area is 178 Å². The molecular formula is C22H22FN5O3. The molecule has 1 amide bonds. The fourth-order valence-corrected chi connectivity index (χ4v) is 4.06. The van der Waals surface area contributed by atoms with E-state index in [2.05, 4.69) is 15.4 Å². The van der Waals surface area contributed by atoms with Crippen molar-refractivity contribution in [3.63, 3.8) is 0 Å². The third-order valence-corrected chi connectivity index (χ3v) is 5.54. The fourth-order valence-electron chi connectivity index (χ4n) is 4.06. The Hall–Kier alpha value is -3.49. The molecule has 0 spiro atoms. The Morgan fingerprint density at radius 2 is 1.97 bits per heavy atom. The topological polar surface area (TPSA) is 82.4 Å². The van der Waals surface area contributed by atoms with Crippen molar-refractivity contribution >= 4 is 5.91 Å². The molecule has 0 bridgehead atoms. The lowest BCUT2D eigenvalue weighted by atomic mass is 10.0. The SMILES string of the molecule is O=C(Cn1nnc(-c2cccc(F)c2)n1)N1CCC[C@H]1c1ccc2c(c1)OCCCO2. The highest BCUT2D eigenvalue weighted by atomic mass is 19.1. The standard InChI is InChI=1S/C22H22FN5O3/c23-17-5-1-4-16(12-17)22-24-26-28(25-22)14-21(29)27-9-2-6-18(27)15-7-8-19-20(13-15)31-11-3-10-30-19/h1,4-5,7-8,12-13,18H,2-3,6,9-11,14H2/t18-/m0/s1. The summed E-state index contributed by atoms with van der Waals surface area (Å²) in [5.74, 6) is 1.30. The molecule has 9 heteroatoms. The van der Waals surface area contributed by atoms with E-state index >= 15 is 0 Å². The van der Waals surface area contributed by atoms with Crippen molar-refractivity contribution in [1.29, 1.82) is 0 Å². The van der Waals surface area contributed by atoms with Crippen molar-refractivity contribution < 1.29 is 18.7 Å². The number of carbonyl (C=O) groups excluding carboxylic acids is 1. The number of ether oxygens (including phenoxy) is 2. The van der Waals surface area contributed by atoms with Gasteiger partial charge in [-0.25, -0.2) is 4.39 Å². The molecule has 31 heavy (non-hydrogen) atoms. The van der Waals surface area contributed by atoms with Crippen LogP contribution in [0.4, 0.5) is 4.39 Å². The van der Waals surface area contributed by atoms with Gasteiger partial charge in [-0.15, -0.1) is 10.2 Å². The molecule has 1 saturated heterocycles. The van der Waals surface area contributed by atoms with Crippen LogP contribution in [0.5, 0.6) is 11.5 Å². The molecule has 2 aliphatic rings. The van der Waals surface area contributed by atoms with Crippen molar-refractivity contribution in [3.8, 4) is 22.9 Å². The second kappa shape index (κ2) is 8.33. The van der Waals surface area contributed by atoms with Gasteiger partial charge < -0.3 is 14.4 Å². The summed E-state index contributed by atoms with van der Waals surface area (Å²) in [6.07, 6.45) is 2.65. The van der Waals surface area contributed by atoms with Gasteiger partial charge in [0.05, 0.1) is 19.3 Å². The number of carbonyl (C=O) groups is 1. The molecule has 160 valence electrons. The number of hydrogen-bond acceptors (Lipinski definition) is 6. The fraction of sp³-hybridized carbons (Fsp3) is 0.364. The molecule has 2 aromatic carbocycles. The van der Waals surface area contributed by atoms with Gasteiger partial charge in [0.2, 0.25) is 11.7 Å². The first-order chi connectivity index (χ1) is 15.2. The second-order valence-corrected chi connectivity index (χ2v) is 7.66. The number of fused-ring (bicyclic) bond motifs is 1. The van der Waals surface area contributed by atoms with Crippen LogP contribution in [-0.4, -0.2) is 50.8 Å². The summed E-state index contributed by atoms with van der Waals surface area (Å²) in [5.41, 5.74) is 1.55. The molecule has 0 aliphatic carbocycles. The van der Waals surface area contributed by atoms with Crippen molar-refractivity contribution in [3.05, 3.63) is 53.8 Å². The average Bonchev–Trinajstić information content (AvgIpc) is 3.38. The summed E-state index contributed by atoms with van der Waals surface area (Å²) in [4.78, 5) is 16.1. The molecule has 0 radical (unpaired) electrons. The lowest BCUT2D eigenvalue weighted by Gasteiger charge is -2.25. The molecule has 0 N–H and O–H groups in total. The monoisotopic (exact) mass is 423 g/mol. The van der Waals surface area contributed by atoms with Gasteiger partial charge in [0.25, 0.3) is 0 Å². The van der Waals surface area contributed by atoms with Gasteiger partial charge in [-0.2, -0.15) is 4.80 Å². The van der Waals surface area contributed by atoms with Crippen LogP contribution in [0.15, 0.2) is 42.5 Å². The number of benzene rings is 2. The van der Waals surface area contributed by atoms with Gasteiger partial charge >= 0.3 is 0 Å². The van der Waals surface area contributed by atoms with Crippen LogP contribution in [0.25, 0.3) is 11.4 Å². The summed E-state index contributed by atoms with van der Waals surface area (Å²) in [6.45, 7) is 1.91. The number of aromatic nitrogens is 4. The summed E-state index contributed by atoms with van der Waals surface area (Å²) < 4.78 is 25.0. The summed E-state index contributed by atoms with van der Waals surface area (Å²) in [6, 6.07) is 11.8. The first kappa shape index (κ1) is 19.5. The maximum Gasteiger partial charge on any atom is 0.246 e. The van der Waals surface area contributed by atoms with Crippen LogP contribution < -0.4 is 9.47 Å². The highest BCUT2D eigenvalue weighted by Crippen LogP contribution is 2.38. The summed E-state index contributed by atoms with van der Waals surface area (Å²) in [5, 5.41) is 12.2. The third-order valence-electron chi connectivity index (χ3n) is 5.54. The minimum absolute atomic E-state index is 0.0244. The maximum absolute atomic E-state index is 13.4. The quantitative estimate of drug-likeness (QED) is 0.642. The number of hydrogen-bond donors (Lipinski definition) is 0. The zero-order valence-electron chi connectivity index (χ0n) is 16.9. The normalized spacial score (nSPS) is 18.1. The van der Waals surface area contributed by atoms with E-state index in [1.807, 2.05) is 23.1 Å². The molecule has 1 fully saturated rings. The minimum atomic E-state index is -0.375. The maximum atomic E-state index is 13.4. The second-order valence-electron chi connectivity index (χ2n) is 7.66. The first-order valence-electron chi connectivity index (χ1n) is 10.4. The molecule has 0 unspecified atom stereocenters. The van der Waals surface area contributed by atoms with E-state index in [1.54, 1.807) is 12.1 Å². The molecular weight excluding hydrogens is 401 g/mol. The zero-order chi connectivity index (χ0) is 21.2. The number of nitrogens with zero attached hydrogens (tertiary/aromatic N) is 5. The van der Waals surface area contributed by atoms with E-state index < -0.39 is 0 Å². The predicted molar refractivity (Wildman–Crippen MR) is 109 cm³/mol. The lowest BCUT2D eigenvalue weighted by molar-refractivity contribution is -0.133. The van der Waals surface area contributed by atoms with Crippen LogP contribution in [0.1, 0.15) is 30.9 Å². The average molecular weight is 423 g/mol. The Kier molecular flexibility index (Phi) is 5.23. The highest BCUT2D eigenvalue weighted by molar-refractivity contribution is 5.76. The van der Waals surface area contributed by atoms with E-state index in [-0.39, 0.29) is 30.1 Å². The number of amides is 1. The van der Waals surface area contributed by atoms with E-state index in [0.717, 1.165) is 36.3 Å². The number of likely N-dealkylation sites (tertiary alicyclic amines) is 1. The van der Waals surface area contributed by atoms with Crippen LogP contribution in [0, 0.1) is 5.82 Å². The van der Waals surface area contributed by atoms with Crippen LogP contribution >= 0.6 is 0 Å². The molecule has 3 heterocycles. The third kappa shape index (κ3) is 4.08. The molecule has 1 aromatic heterocycles. The van der Waals surface area contributed by atoms with Crippen LogP contribution in [0.3, 0.4) is 0 Å². The summed E-state index contributed by atoms with van der Waals surface area (Å²) >= 11 is 0. The van der Waals surface area contributed by atoms with E-state index in [9.17, 15) is 9.18 Å². The van der Waals surface area contributed by atoms with Crippen LogP contribution in [0.2, 0.25) is 0 Å². The predicted octanol–water partition coefficient (Wildman–Crippen LogP) is 3.00. The van der Waals surface area contributed by atoms with Gasteiger partial charge in [0.1, 0.15) is 12.4 Å². The van der Waals surface area contributed by atoms with Crippen molar-refractivity contribution in [1.82, 2.24) is 25.1 Å². The Morgan fingerprint density at radius 1 is 1.10 bits per heavy atom. The number of rotatable bonds is 4. The van der Waals surface area contributed by atoms with Gasteiger partial charge in [-0.05, 0) is 47.9 Å². The van der Waals surface area contributed by atoms with Gasteiger partial charge in [0.15, 0.2) is 11.5 Å². The Morgan fingerprint density at radius 3 is 2.84 bits per heavy atom. The van der Waals surface area contributed by atoms with Crippen LogP contribution in [-0.2, 0) is 11.3 Å². The van der Waals surface area contributed by atoms with Crippen molar-refractivity contribution in [2.45, 2.75) is 31.8 Å². The first-order valence-corrected chi connectivity index (χ1v) is 10.4. The Balaban J connectivity index is 1.31. The molecule has 5 rings (SSSR count). The van der Waals surface area contributed by atoms with E-state index in [4.69, 9.17) is 9.47 Å². The highest BCUT2D eigenvalue weighted by Gasteiger charge is 2.31. The number of halogens is 1. The molecule has 1 atom stereocenters. The molecule has 8 nitrogen and oxygen atoms in total. The minimum Gasteiger partial charge on any atom is -0.490 e. The molecule has 3 aromatic rings. The zero-order valence-corrected chi connectivity index (χ0v) is 16.9. The largest absolute Gasteiger partial charge is 0.490 e. The van der Waals surface area contributed by atoms with Gasteiger partial charge in [0, 0.05) is 18.5 Å². The van der Waals surface area contributed by atoms with E-state index in [0.29, 0.717) is 25.3 Å². The number of tetrazole rings is 1. The lowest BCUT2D eigenvalue weighted by Crippen LogP contribution is -2.34. The van der Waals surface area contributed by atoms with Crippen molar-refractivity contribution in [2.24, 2.45) is 0 Å². The molecule has 2 aliphatic heterocycles. The van der Waals surface area contributed by atoms with Gasteiger partial charge in [-0.1, -0.05) is 18.2 Å². The van der Waals surface area contributed by atoms with E-state index in [1.165, 1.54) is 16.9 Å².